The molecule has 5 N–H and O–H groups in total. The van der Waals surface area contributed by atoms with Crippen LogP contribution in [-0.2, 0) is 9.59 Å². The van der Waals surface area contributed by atoms with Gasteiger partial charge in [-0.3, -0.25) is 30.0 Å². The predicted octanol–water partition coefficient (Wildman–Crippen LogP) is 1.54. The molecule has 2 aromatic rings. The summed E-state index contributed by atoms with van der Waals surface area (Å²) in [6.45, 7) is 0. The molecule has 3 aliphatic rings. The number of rotatable bonds is 2. The minimum Gasteiger partial charge on any atom is -0.511 e. The van der Waals surface area contributed by atoms with Crippen molar-refractivity contribution in [2.75, 3.05) is 11.9 Å². The molecule has 11 heteroatoms. The number of aromatic hydroxyl groups is 1. The Morgan fingerprint density at radius 1 is 0.973 bits per heavy atom. The molecule has 0 bridgehead atoms. The zero-order valence-corrected chi connectivity index (χ0v) is 20.6. The second kappa shape index (κ2) is 9.24. The molecule has 5 unspecified atom stereocenters. The number of aliphatic hydroxyl groups is 2. The lowest BCUT2D eigenvalue weighted by Gasteiger charge is -2.51. The minimum atomic E-state index is -1.44. The normalized spacial score (nSPS) is 26.7. The van der Waals surface area contributed by atoms with Crippen LogP contribution in [0.5, 0.6) is 5.75 Å². The van der Waals surface area contributed by atoms with Gasteiger partial charge in [0.2, 0.25) is 0 Å². The van der Waals surface area contributed by atoms with Gasteiger partial charge >= 0.3 is 0 Å². The first-order valence-electron chi connectivity index (χ1n) is 11.7. The number of thiol groups is 1. The summed E-state index contributed by atoms with van der Waals surface area (Å²) in [5.74, 6) is -6.22. The number of benzene rings is 2. The number of phenolic OH excluding ortho intramolecular Hbond substituents is 1. The summed E-state index contributed by atoms with van der Waals surface area (Å²) in [7, 11) is 1.75. The lowest BCUT2D eigenvalue weighted by molar-refractivity contribution is -0.134. The molecular formula is C26H25N3O7S. The molecule has 2 aromatic carbocycles. The SMILES string of the molecule is CN1c2cccc(O)c2C(=O)C2C(O)C3C(=O)C(C(=O)NNC(=O)c4ccc(S)cc4)=C(O)CC3CC21. The minimum absolute atomic E-state index is 0.0499. The summed E-state index contributed by atoms with van der Waals surface area (Å²) in [6.07, 6.45) is -1.18. The molecule has 5 atom stereocenters. The number of hydrogen-bond acceptors (Lipinski definition) is 9. The number of fused-ring (bicyclic) bond motifs is 3. The first kappa shape index (κ1) is 24.8. The van der Waals surface area contributed by atoms with Crippen LogP contribution in [0.25, 0.3) is 0 Å². The molecule has 1 heterocycles. The topological polar surface area (TPSA) is 156 Å². The maximum absolute atomic E-state index is 13.4. The molecule has 192 valence electrons. The number of carbonyl (C=O) groups is 4. The van der Waals surface area contributed by atoms with Crippen LogP contribution in [0.3, 0.4) is 0 Å². The van der Waals surface area contributed by atoms with Crippen molar-refractivity contribution < 1.29 is 34.5 Å². The van der Waals surface area contributed by atoms with Crippen molar-refractivity contribution in [2.45, 2.75) is 29.9 Å². The van der Waals surface area contributed by atoms with Crippen molar-refractivity contribution in [1.29, 1.82) is 0 Å². The molecule has 37 heavy (non-hydrogen) atoms. The average molecular weight is 524 g/mol. The largest absolute Gasteiger partial charge is 0.511 e. The third kappa shape index (κ3) is 4.04. The zero-order valence-electron chi connectivity index (χ0n) is 19.7. The molecule has 0 spiro atoms. The van der Waals surface area contributed by atoms with E-state index in [1.54, 1.807) is 31.3 Å². The average Bonchev–Trinajstić information content (AvgIpc) is 2.85. The van der Waals surface area contributed by atoms with E-state index < -0.39 is 64.6 Å². The van der Waals surface area contributed by atoms with Crippen molar-refractivity contribution in [2.24, 2.45) is 17.8 Å². The molecule has 0 aromatic heterocycles. The lowest BCUT2D eigenvalue weighted by Crippen LogP contribution is -2.61. The van der Waals surface area contributed by atoms with Gasteiger partial charge in [0.05, 0.1) is 29.2 Å². The van der Waals surface area contributed by atoms with E-state index in [1.165, 1.54) is 18.2 Å². The molecule has 0 saturated heterocycles. The smallest absolute Gasteiger partial charge is 0.276 e. The number of nitrogens with zero attached hydrogens (tertiary/aromatic N) is 1. The fourth-order valence-corrected chi connectivity index (χ4v) is 5.97. The van der Waals surface area contributed by atoms with Gasteiger partial charge in [0.25, 0.3) is 11.8 Å². The molecule has 2 amide bonds. The number of aliphatic hydroxyl groups excluding tert-OH is 2. The van der Waals surface area contributed by atoms with Gasteiger partial charge in [-0.15, -0.1) is 12.6 Å². The number of hydrazine groups is 1. The van der Waals surface area contributed by atoms with Crippen LogP contribution in [0.4, 0.5) is 5.69 Å². The number of carbonyl (C=O) groups excluding carboxylic acids is 4. The van der Waals surface area contributed by atoms with E-state index in [1.807, 2.05) is 4.90 Å². The predicted molar refractivity (Wildman–Crippen MR) is 134 cm³/mol. The van der Waals surface area contributed by atoms with E-state index in [-0.39, 0.29) is 23.3 Å². The molecular weight excluding hydrogens is 498 g/mol. The summed E-state index contributed by atoms with van der Waals surface area (Å²) in [6, 6.07) is 10.4. The van der Waals surface area contributed by atoms with Crippen LogP contribution >= 0.6 is 12.6 Å². The zero-order chi connectivity index (χ0) is 26.6. The van der Waals surface area contributed by atoms with Crippen molar-refractivity contribution >= 4 is 41.7 Å². The quantitative estimate of drug-likeness (QED) is 0.197. The number of hydrogen-bond donors (Lipinski definition) is 6. The van der Waals surface area contributed by atoms with Crippen LogP contribution in [0.1, 0.15) is 33.6 Å². The third-order valence-corrected chi connectivity index (χ3v) is 7.89. The van der Waals surface area contributed by atoms with Crippen molar-refractivity contribution in [1.82, 2.24) is 10.9 Å². The summed E-state index contributed by atoms with van der Waals surface area (Å²) in [5.41, 5.74) is 4.63. The Morgan fingerprint density at radius 3 is 2.35 bits per heavy atom. The Kier molecular flexibility index (Phi) is 6.20. The number of anilines is 1. The highest BCUT2D eigenvalue weighted by atomic mass is 32.1. The Labute approximate surface area is 217 Å². The monoisotopic (exact) mass is 523 g/mol. The van der Waals surface area contributed by atoms with Crippen molar-refractivity contribution in [3.8, 4) is 5.75 Å². The van der Waals surface area contributed by atoms with Gasteiger partial charge in [-0.2, -0.15) is 0 Å². The highest BCUT2D eigenvalue weighted by molar-refractivity contribution is 7.80. The standard InChI is InChI=1S/C26H25N3O7S/c1-29-14-3-2-4-16(30)19(14)24(34)20-15(29)9-12-10-17(31)21(23(33)18(12)22(20)32)26(36)28-27-25(35)11-5-7-13(37)8-6-11/h2-8,12,15,18,20,22,30-32,37H,9-10H2,1H3,(H,27,35)(H,28,36). The van der Waals surface area contributed by atoms with Crippen molar-refractivity contribution in [3.05, 3.63) is 64.9 Å². The highest BCUT2D eigenvalue weighted by Gasteiger charge is 2.56. The van der Waals surface area contributed by atoms with E-state index in [0.29, 0.717) is 17.0 Å². The van der Waals surface area contributed by atoms with E-state index in [4.69, 9.17) is 0 Å². The summed E-state index contributed by atoms with van der Waals surface area (Å²) in [5, 5.41) is 32.3. The van der Waals surface area contributed by atoms with E-state index in [0.717, 1.165) is 0 Å². The molecule has 5 rings (SSSR count). The van der Waals surface area contributed by atoms with E-state index in [2.05, 4.69) is 23.5 Å². The number of ketones is 2. The number of amides is 2. The molecule has 1 saturated carbocycles. The summed E-state index contributed by atoms with van der Waals surface area (Å²) >= 11 is 4.15. The molecule has 1 fully saturated rings. The lowest BCUT2D eigenvalue weighted by atomic mass is 9.60. The van der Waals surface area contributed by atoms with Gasteiger partial charge in [-0.25, -0.2) is 0 Å². The highest BCUT2D eigenvalue weighted by Crippen LogP contribution is 2.49. The van der Waals surface area contributed by atoms with Gasteiger partial charge in [-0.05, 0) is 48.7 Å². The third-order valence-electron chi connectivity index (χ3n) is 7.59. The Morgan fingerprint density at radius 2 is 1.65 bits per heavy atom. The fraction of sp³-hybridized carbons (Fsp3) is 0.308. The van der Waals surface area contributed by atoms with Crippen LogP contribution in [0.2, 0.25) is 0 Å². The van der Waals surface area contributed by atoms with Gasteiger partial charge in [-0.1, -0.05) is 6.07 Å². The van der Waals surface area contributed by atoms with E-state index in [9.17, 15) is 34.5 Å². The van der Waals surface area contributed by atoms with Crippen LogP contribution in [0.15, 0.2) is 58.7 Å². The number of Topliss-reactive ketones (excluding diaryl/α,β-unsaturated/α-hetero) is 2. The van der Waals surface area contributed by atoms with Crippen LogP contribution in [0, 0.1) is 17.8 Å². The van der Waals surface area contributed by atoms with Gasteiger partial charge < -0.3 is 20.2 Å². The first-order valence-corrected chi connectivity index (χ1v) is 12.2. The first-order chi connectivity index (χ1) is 17.6. The molecule has 10 nitrogen and oxygen atoms in total. The molecule has 2 aliphatic carbocycles. The number of phenols is 1. The summed E-state index contributed by atoms with van der Waals surface area (Å²) < 4.78 is 0. The van der Waals surface area contributed by atoms with Gasteiger partial charge in [0, 0.05) is 30.0 Å². The van der Waals surface area contributed by atoms with Gasteiger partial charge in [0.1, 0.15) is 17.1 Å². The number of allylic oxidation sites excluding steroid dienone is 1. The van der Waals surface area contributed by atoms with Crippen molar-refractivity contribution in [3.63, 3.8) is 0 Å². The number of nitrogens with one attached hydrogen (secondary N) is 2. The summed E-state index contributed by atoms with van der Waals surface area (Å²) in [4.78, 5) is 54.4. The maximum Gasteiger partial charge on any atom is 0.276 e. The Hall–Kier alpha value is -3.83. The second-order valence-electron chi connectivity index (χ2n) is 9.60. The maximum atomic E-state index is 13.4. The Bertz CT molecular complexity index is 1360. The molecule has 0 radical (unpaired) electrons. The van der Waals surface area contributed by atoms with Gasteiger partial charge in [0.15, 0.2) is 11.6 Å². The van der Waals surface area contributed by atoms with Crippen LogP contribution < -0.4 is 15.8 Å². The second-order valence-corrected chi connectivity index (χ2v) is 10.1. The fourth-order valence-electron chi connectivity index (χ4n) is 5.82. The van der Waals surface area contributed by atoms with Crippen LogP contribution in [-0.4, -0.2) is 57.9 Å². The molecule has 1 aliphatic heterocycles. The van der Waals surface area contributed by atoms with E-state index >= 15 is 0 Å². The Balaban J connectivity index is 1.38.